The van der Waals surface area contributed by atoms with Crippen LogP contribution in [0.5, 0.6) is 0 Å². The molecule has 2 saturated heterocycles. The Kier molecular flexibility index (Phi) is 4.59. The quantitative estimate of drug-likeness (QED) is 0.421. The minimum absolute atomic E-state index is 0.0201. The molecule has 0 aromatic rings. The minimum atomic E-state index is -1.99. The summed E-state index contributed by atoms with van der Waals surface area (Å²) in [7, 11) is 0. The van der Waals surface area contributed by atoms with Crippen molar-refractivity contribution >= 4 is 17.9 Å². The molecule has 25 heavy (non-hydrogen) atoms. The molecule has 0 spiro atoms. The Bertz CT molecular complexity index is 630. The van der Waals surface area contributed by atoms with Gasteiger partial charge >= 0.3 is 17.9 Å². The van der Waals surface area contributed by atoms with Crippen molar-refractivity contribution in [2.75, 3.05) is 19.7 Å². The molecule has 5 atom stereocenters. The van der Waals surface area contributed by atoms with Crippen LogP contribution in [0.2, 0.25) is 0 Å². The van der Waals surface area contributed by atoms with Crippen LogP contribution in [0, 0.1) is 5.92 Å². The number of nitrogens with zero attached hydrogens (tertiary/aromatic N) is 1. The number of hydrogen-bond donors (Lipinski definition) is 1. The third-order valence-corrected chi connectivity index (χ3v) is 5.35. The van der Waals surface area contributed by atoms with E-state index in [9.17, 15) is 19.5 Å². The average Bonchev–Trinajstić information content (AvgIpc) is 3.18. The van der Waals surface area contributed by atoms with Crippen LogP contribution in [-0.2, 0) is 28.6 Å². The van der Waals surface area contributed by atoms with Gasteiger partial charge in [0.2, 0.25) is 5.60 Å². The first kappa shape index (κ1) is 17.9. The maximum absolute atomic E-state index is 12.4. The number of carbonyl (C=O) groups is 3. The molecule has 3 rings (SSSR count). The molecule has 2 fully saturated rings. The molecule has 3 aliphatic heterocycles. The van der Waals surface area contributed by atoms with E-state index in [2.05, 4.69) is 4.90 Å². The zero-order chi connectivity index (χ0) is 18.4. The lowest BCUT2D eigenvalue weighted by atomic mass is 9.87. The summed E-state index contributed by atoms with van der Waals surface area (Å²) < 4.78 is 15.6. The Morgan fingerprint density at radius 2 is 2.16 bits per heavy atom. The second-order valence-corrected chi connectivity index (χ2v) is 6.86. The van der Waals surface area contributed by atoms with Crippen molar-refractivity contribution in [1.29, 1.82) is 0 Å². The Hall–Kier alpha value is -1.93. The molecule has 0 amide bonds. The van der Waals surface area contributed by atoms with Gasteiger partial charge in [-0.2, -0.15) is 0 Å². The van der Waals surface area contributed by atoms with Gasteiger partial charge < -0.3 is 19.3 Å². The van der Waals surface area contributed by atoms with E-state index in [1.807, 2.05) is 6.08 Å². The van der Waals surface area contributed by atoms with Crippen molar-refractivity contribution in [2.24, 2.45) is 5.92 Å². The second-order valence-electron chi connectivity index (χ2n) is 6.86. The van der Waals surface area contributed by atoms with Gasteiger partial charge in [-0.15, -0.1) is 0 Å². The SMILES string of the molecule is CC(=O)O[C@@H]1CCN2CC=C(COC(=O)[C@]3(O)[C@H](C)C(=O)O[C@@H]3C)[C@H]12. The van der Waals surface area contributed by atoms with E-state index in [1.54, 1.807) is 0 Å². The van der Waals surface area contributed by atoms with Crippen LogP contribution in [0.15, 0.2) is 11.6 Å². The fourth-order valence-electron chi connectivity index (χ4n) is 3.84. The normalized spacial score (nSPS) is 37.4. The van der Waals surface area contributed by atoms with E-state index >= 15 is 0 Å². The lowest BCUT2D eigenvalue weighted by Gasteiger charge is -2.27. The number of hydrogen-bond acceptors (Lipinski definition) is 8. The molecule has 0 aliphatic carbocycles. The van der Waals surface area contributed by atoms with Crippen LogP contribution in [0.4, 0.5) is 0 Å². The Balaban J connectivity index is 1.64. The first-order valence-corrected chi connectivity index (χ1v) is 8.45. The Morgan fingerprint density at radius 3 is 2.76 bits per heavy atom. The van der Waals surface area contributed by atoms with E-state index in [0.717, 1.165) is 18.5 Å². The predicted molar refractivity (Wildman–Crippen MR) is 84.2 cm³/mol. The van der Waals surface area contributed by atoms with Crippen LogP contribution in [-0.4, -0.2) is 71.5 Å². The van der Waals surface area contributed by atoms with E-state index in [4.69, 9.17) is 14.2 Å². The van der Waals surface area contributed by atoms with Gasteiger partial charge in [0.05, 0.1) is 12.0 Å². The number of carbonyl (C=O) groups excluding carboxylic acids is 3. The van der Waals surface area contributed by atoms with Gasteiger partial charge in [0.15, 0.2) is 0 Å². The second kappa shape index (κ2) is 6.42. The number of rotatable bonds is 4. The molecule has 8 nitrogen and oxygen atoms in total. The maximum Gasteiger partial charge on any atom is 0.343 e. The fourth-order valence-corrected chi connectivity index (χ4v) is 3.84. The summed E-state index contributed by atoms with van der Waals surface area (Å²) in [6, 6.07) is -0.109. The first-order chi connectivity index (χ1) is 11.7. The number of cyclic esters (lactones) is 1. The predicted octanol–water partition coefficient (Wildman–Crippen LogP) is -0.212. The largest absolute Gasteiger partial charge is 0.460 e. The maximum atomic E-state index is 12.4. The number of fused-ring (bicyclic) bond motifs is 1. The summed E-state index contributed by atoms with van der Waals surface area (Å²) >= 11 is 0. The third-order valence-electron chi connectivity index (χ3n) is 5.35. The summed E-state index contributed by atoms with van der Waals surface area (Å²) in [5.74, 6) is -2.82. The van der Waals surface area contributed by atoms with Gasteiger partial charge in [0.25, 0.3) is 0 Å². The van der Waals surface area contributed by atoms with E-state index < -0.39 is 29.6 Å². The standard InChI is InChI=1S/C17H23NO7/c1-9-15(20)24-10(2)17(9,22)16(21)23-8-12-4-6-18-7-5-13(14(12)18)25-11(3)19/h4,9-10,13-14,22H,5-8H2,1-3H3/t9-,10-,13-,14-,17+/m1/s1. The summed E-state index contributed by atoms with van der Waals surface area (Å²) in [6.45, 7) is 5.76. The molecule has 0 bridgehead atoms. The first-order valence-electron chi connectivity index (χ1n) is 8.45. The van der Waals surface area contributed by atoms with Crippen molar-refractivity contribution in [2.45, 2.75) is 51.0 Å². The van der Waals surface area contributed by atoms with Crippen LogP contribution < -0.4 is 0 Å². The van der Waals surface area contributed by atoms with Crippen LogP contribution in [0.25, 0.3) is 0 Å². The fraction of sp³-hybridized carbons (Fsp3) is 0.706. The number of esters is 3. The highest BCUT2D eigenvalue weighted by Gasteiger charge is 2.59. The molecule has 0 unspecified atom stereocenters. The van der Waals surface area contributed by atoms with Gasteiger partial charge in [0.1, 0.15) is 18.8 Å². The lowest BCUT2D eigenvalue weighted by Crippen LogP contribution is -2.50. The highest BCUT2D eigenvalue weighted by Crippen LogP contribution is 2.35. The number of aliphatic hydroxyl groups is 1. The van der Waals surface area contributed by atoms with E-state index in [-0.39, 0.29) is 24.7 Å². The van der Waals surface area contributed by atoms with Crippen molar-refractivity contribution < 1.29 is 33.7 Å². The van der Waals surface area contributed by atoms with Gasteiger partial charge in [0, 0.05) is 20.0 Å². The topological polar surface area (TPSA) is 102 Å². The molecule has 3 aliphatic rings. The molecule has 138 valence electrons. The van der Waals surface area contributed by atoms with Crippen molar-refractivity contribution in [3.63, 3.8) is 0 Å². The molecular formula is C17H23NO7. The zero-order valence-electron chi connectivity index (χ0n) is 14.6. The molecule has 3 heterocycles. The van der Waals surface area contributed by atoms with Crippen molar-refractivity contribution in [3.8, 4) is 0 Å². The van der Waals surface area contributed by atoms with Gasteiger partial charge in [-0.05, 0) is 25.8 Å². The highest BCUT2D eigenvalue weighted by molar-refractivity contribution is 5.91. The zero-order valence-corrected chi connectivity index (χ0v) is 14.6. The molecule has 0 radical (unpaired) electrons. The van der Waals surface area contributed by atoms with E-state index in [0.29, 0.717) is 6.54 Å². The van der Waals surface area contributed by atoms with Crippen LogP contribution >= 0.6 is 0 Å². The number of ether oxygens (including phenoxy) is 3. The van der Waals surface area contributed by atoms with Crippen molar-refractivity contribution in [1.82, 2.24) is 4.90 Å². The Morgan fingerprint density at radius 1 is 1.44 bits per heavy atom. The highest BCUT2D eigenvalue weighted by atomic mass is 16.6. The average molecular weight is 353 g/mol. The molecule has 0 saturated carbocycles. The Labute approximate surface area is 145 Å². The van der Waals surface area contributed by atoms with Gasteiger partial charge in [-0.25, -0.2) is 4.79 Å². The molecular weight excluding hydrogens is 330 g/mol. The van der Waals surface area contributed by atoms with Gasteiger partial charge in [-0.3, -0.25) is 14.5 Å². The van der Waals surface area contributed by atoms with Crippen LogP contribution in [0.1, 0.15) is 27.2 Å². The van der Waals surface area contributed by atoms with Gasteiger partial charge in [-0.1, -0.05) is 6.08 Å². The summed E-state index contributed by atoms with van der Waals surface area (Å²) in [5.41, 5.74) is -1.15. The smallest absolute Gasteiger partial charge is 0.343 e. The van der Waals surface area contributed by atoms with Crippen molar-refractivity contribution in [3.05, 3.63) is 11.6 Å². The summed E-state index contributed by atoms with van der Waals surface area (Å²) in [6.07, 6.45) is 1.45. The van der Waals surface area contributed by atoms with E-state index in [1.165, 1.54) is 20.8 Å². The monoisotopic (exact) mass is 353 g/mol. The lowest BCUT2D eigenvalue weighted by molar-refractivity contribution is -0.173. The third kappa shape index (κ3) is 2.93. The molecule has 0 aromatic carbocycles. The molecule has 8 heteroatoms. The summed E-state index contributed by atoms with van der Waals surface area (Å²) in [4.78, 5) is 37.4. The molecule has 0 aromatic heterocycles. The minimum Gasteiger partial charge on any atom is -0.460 e. The van der Waals surface area contributed by atoms with Crippen LogP contribution in [0.3, 0.4) is 0 Å². The molecule has 1 N–H and O–H groups in total. The summed E-state index contributed by atoms with van der Waals surface area (Å²) in [5, 5.41) is 10.6.